The lowest BCUT2D eigenvalue weighted by Gasteiger charge is -2.24. The van der Waals surface area contributed by atoms with Gasteiger partial charge in [0.05, 0.1) is 85.8 Å². The number of ketones is 1. The molecule has 7 amide bonds. The van der Waals surface area contributed by atoms with Crippen molar-refractivity contribution < 1.29 is 47.9 Å². The molecule has 0 aliphatic carbocycles. The number of carbonyl (C=O) groups is 9. The summed E-state index contributed by atoms with van der Waals surface area (Å²) in [5.74, 6) is -4.05. The third kappa shape index (κ3) is 24.5. The number of carbonyl (C=O) groups excluding carboxylic acids is 9. The van der Waals surface area contributed by atoms with Crippen molar-refractivity contribution in [2.24, 2.45) is 0 Å². The van der Waals surface area contributed by atoms with Crippen LogP contribution in [0.15, 0.2) is 30.3 Å². The summed E-state index contributed by atoms with van der Waals surface area (Å²) in [6.45, 7) is 1.09. The molecule has 0 bridgehead atoms. The van der Waals surface area contributed by atoms with Crippen molar-refractivity contribution in [2.75, 3.05) is 98.7 Å². The van der Waals surface area contributed by atoms with Crippen LogP contribution in [0.1, 0.15) is 5.56 Å². The Labute approximate surface area is 372 Å². The quantitative estimate of drug-likeness (QED) is 0.0188. The number of esters is 1. The Balaban J connectivity index is 2.59. The predicted octanol–water partition coefficient (Wildman–Crippen LogP) is -9.62. The van der Waals surface area contributed by atoms with Crippen molar-refractivity contribution in [3.63, 3.8) is 0 Å². The first-order valence-electron chi connectivity index (χ1n) is 21.8. The van der Waals surface area contributed by atoms with Gasteiger partial charge >= 0.3 is 5.97 Å². The van der Waals surface area contributed by atoms with E-state index in [1.807, 2.05) is 37.0 Å². The number of amides is 7. The fraction of sp³-hybridized carbons (Fsp3) is 0.571. The molecule has 0 aromatic heterocycles. The molecule has 0 heterocycles. The van der Waals surface area contributed by atoms with E-state index in [1.165, 1.54) is 19.6 Å². The SMILES string of the molecule is BBCC(=O)N(CCNC)CC(=O)NCCN(CC(=O)NCCNCCN(CC(=O)NCCN(CC(=O)C(=O)OCc1ccccc1)C(=O)CBB)C(=O)CBB)C(=O)CBB. The summed E-state index contributed by atoms with van der Waals surface area (Å²) >= 11 is 0. The molecule has 27 heteroatoms. The van der Waals surface area contributed by atoms with Crippen LogP contribution >= 0.6 is 0 Å². The zero-order chi connectivity index (χ0) is 46.1. The van der Waals surface area contributed by atoms with Gasteiger partial charge in [-0.1, -0.05) is 30.3 Å². The van der Waals surface area contributed by atoms with Crippen molar-refractivity contribution in [1.29, 1.82) is 0 Å². The lowest BCUT2D eigenvalue weighted by atomic mass is 9.53. The maximum absolute atomic E-state index is 12.9. The second-order valence-corrected chi connectivity index (χ2v) is 14.6. The molecule has 0 saturated heterocycles. The average Bonchev–Trinajstić information content (AvgIpc) is 3.24. The molecule has 0 radical (unpaired) electrons. The summed E-state index contributed by atoms with van der Waals surface area (Å²) in [4.78, 5) is 120. The lowest BCUT2D eigenvalue weighted by Crippen LogP contribution is -2.48. The molecular formula is C35H63B8N9O10. The van der Waals surface area contributed by atoms with Gasteiger partial charge in [-0.2, -0.15) is 0 Å². The minimum absolute atomic E-state index is 0.0122. The van der Waals surface area contributed by atoms with Gasteiger partial charge in [0.2, 0.25) is 41.4 Å². The number of hydrogen-bond donors (Lipinski definition) is 5. The van der Waals surface area contributed by atoms with Gasteiger partial charge < -0.3 is 50.9 Å². The van der Waals surface area contributed by atoms with Crippen LogP contribution in [-0.4, -0.2) is 231 Å². The van der Waals surface area contributed by atoms with Crippen LogP contribution in [0.5, 0.6) is 0 Å². The van der Waals surface area contributed by atoms with Gasteiger partial charge in [-0.05, 0) is 37.9 Å². The van der Waals surface area contributed by atoms with Gasteiger partial charge in [-0.25, -0.2) is 4.79 Å². The van der Waals surface area contributed by atoms with Crippen LogP contribution < -0.4 is 26.6 Å². The van der Waals surface area contributed by atoms with E-state index < -0.39 is 24.2 Å². The Hall–Kier alpha value is -4.91. The van der Waals surface area contributed by atoms with Crippen molar-refractivity contribution >= 4 is 113 Å². The standard InChI is InChI=1S/C35H63B8N9O10/c1-44-9-13-50(32(58)18-41-37)23-29(55)48-12-16-52(34(60)20-43-39)22-28(54)46-8-7-45-10-14-51(33(59)19-42-38)24-30(56)47-11-15-49(31(57)17-40-36)21-27(53)35(61)62-25-26-5-3-2-4-6-26/h2-6,40-45H,7-25,36-39H2,1H3,(H,46,54)(H,47,56)(H,48,55). The number of rotatable bonds is 34. The molecule has 1 aromatic carbocycles. The maximum atomic E-state index is 12.9. The van der Waals surface area contributed by atoms with Crippen molar-refractivity contribution in [1.82, 2.24) is 46.2 Å². The fourth-order valence-electron chi connectivity index (χ4n) is 5.92. The molecular weight excluding hydrogens is 793 g/mol. The summed E-state index contributed by atoms with van der Waals surface area (Å²) in [5, 5.41) is 14.3. The van der Waals surface area contributed by atoms with Gasteiger partial charge in [-0.15, -0.1) is 0 Å². The van der Waals surface area contributed by atoms with Crippen molar-refractivity contribution in [3.8, 4) is 0 Å². The predicted molar refractivity (Wildman–Crippen MR) is 255 cm³/mol. The number of hydrogen-bond acceptors (Lipinski definition) is 12. The normalized spacial score (nSPS) is 10.3. The first kappa shape index (κ1) is 55.1. The monoisotopic (exact) mass is 858 g/mol. The highest BCUT2D eigenvalue weighted by molar-refractivity contribution is 6.91. The van der Waals surface area contributed by atoms with Crippen molar-refractivity contribution in [3.05, 3.63) is 35.9 Å². The molecule has 5 N–H and O–H groups in total. The number of likely N-dealkylation sites (N-methyl/N-ethyl adjacent to an activating group) is 1. The fourth-order valence-corrected chi connectivity index (χ4v) is 5.92. The van der Waals surface area contributed by atoms with Crippen LogP contribution in [0.2, 0.25) is 25.3 Å². The lowest BCUT2D eigenvalue weighted by molar-refractivity contribution is -0.156. The van der Waals surface area contributed by atoms with Crippen LogP contribution in [0, 0.1) is 0 Å². The van der Waals surface area contributed by atoms with E-state index >= 15 is 0 Å². The number of Topliss-reactive ketones (excluding diaryl/α,β-unsaturated/α-hetero) is 1. The van der Waals surface area contributed by atoms with Gasteiger partial charge in [-0.3, -0.25) is 38.4 Å². The molecule has 0 spiro atoms. The molecule has 1 rings (SSSR count). The van der Waals surface area contributed by atoms with E-state index in [0.717, 1.165) is 0 Å². The summed E-state index contributed by atoms with van der Waals surface area (Å²) in [6.07, 6.45) is 0.962. The largest absolute Gasteiger partial charge is 0.455 e. The van der Waals surface area contributed by atoms with E-state index in [0.29, 0.717) is 66.7 Å². The minimum Gasteiger partial charge on any atom is -0.455 e. The van der Waals surface area contributed by atoms with Gasteiger partial charge in [0.1, 0.15) is 6.61 Å². The Kier molecular flexibility index (Phi) is 29.9. The van der Waals surface area contributed by atoms with E-state index in [-0.39, 0.29) is 120 Å². The summed E-state index contributed by atoms with van der Waals surface area (Å²) in [7, 11) is 11.5. The highest BCUT2D eigenvalue weighted by atomic mass is 16.5. The molecule has 0 unspecified atom stereocenters. The highest BCUT2D eigenvalue weighted by Gasteiger charge is 2.24. The Morgan fingerprint density at radius 3 is 1.32 bits per heavy atom. The average molecular weight is 856 g/mol. The van der Waals surface area contributed by atoms with Gasteiger partial charge in [0.15, 0.2) is 0 Å². The summed E-state index contributed by atoms with van der Waals surface area (Å²) in [6, 6.07) is 8.87. The van der Waals surface area contributed by atoms with E-state index in [9.17, 15) is 43.2 Å². The molecule has 62 heavy (non-hydrogen) atoms. The molecule has 0 atom stereocenters. The molecule has 332 valence electrons. The summed E-state index contributed by atoms with van der Waals surface area (Å²) < 4.78 is 5.11. The van der Waals surface area contributed by atoms with E-state index in [4.69, 9.17) is 4.74 Å². The van der Waals surface area contributed by atoms with Crippen LogP contribution in [0.4, 0.5) is 0 Å². The molecule has 0 saturated carbocycles. The third-order valence-corrected chi connectivity index (χ3v) is 9.27. The first-order valence-corrected chi connectivity index (χ1v) is 21.8. The topological polar surface area (TPSA) is 236 Å². The van der Waals surface area contributed by atoms with Gasteiger partial charge in [0, 0.05) is 65.4 Å². The zero-order valence-corrected chi connectivity index (χ0v) is 37.5. The maximum Gasteiger partial charge on any atom is 0.376 e. The molecule has 0 aliphatic rings. The number of ether oxygens (including phenoxy) is 1. The number of nitrogens with one attached hydrogen (secondary N) is 5. The van der Waals surface area contributed by atoms with Crippen LogP contribution in [0.3, 0.4) is 0 Å². The third-order valence-electron chi connectivity index (χ3n) is 9.27. The zero-order valence-electron chi connectivity index (χ0n) is 37.5. The van der Waals surface area contributed by atoms with E-state index in [2.05, 4.69) is 26.6 Å². The number of nitrogens with zero attached hydrogens (tertiary/aromatic N) is 4. The second kappa shape index (κ2) is 33.7. The summed E-state index contributed by atoms with van der Waals surface area (Å²) in [5.41, 5.74) is 0.710. The minimum atomic E-state index is -1.06. The Morgan fingerprint density at radius 2 is 0.903 bits per heavy atom. The van der Waals surface area contributed by atoms with Crippen molar-refractivity contribution in [2.45, 2.75) is 31.9 Å². The molecule has 0 aliphatic heterocycles. The molecule has 1 aromatic rings. The smallest absolute Gasteiger partial charge is 0.376 e. The Morgan fingerprint density at radius 1 is 0.516 bits per heavy atom. The van der Waals surface area contributed by atoms with E-state index in [1.54, 1.807) is 31.3 Å². The van der Waals surface area contributed by atoms with Crippen LogP contribution in [0.25, 0.3) is 0 Å². The highest BCUT2D eigenvalue weighted by Crippen LogP contribution is 2.03. The second-order valence-electron chi connectivity index (χ2n) is 14.6. The number of benzene rings is 1. The van der Waals surface area contributed by atoms with Gasteiger partial charge in [0.25, 0.3) is 5.78 Å². The molecule has 0 fully saturated rings. The molecule has 19 nitrogen and oxygen atoms in total. The van der Waals surface area contributed by atoms with Crippen LogP contribution in [-0.2, 0) is 54.5 Å². The first-order chi connectivity index (χ1) is 29.8. The Bertz CT molecular complexity index is 1590.